The molecule has 0 aliphatic rings. The molecule has 0 saturated carbocycles. The van der Waals surface area contributed by atoms with Crippen LogP contribution in [0.25, 0.3) is 21.5 Å². The number of rotatable bonds is 10. The zero-order valence-corrected chi connectivity index (χ0v) is 23.5. The highest BCUT2D eigenvalue weighted by atomic mass is 16.5. The van der Waals surface area contributed by atoms with Gasteiger partial charge in [-0.1, -0.05) is 84.9 Å². The van der Waals surface area contributed by atoms with Crippen molar-refractivity contribution < 1.29 is 19.1 Å². The summed E-state index contributed by atoms with van der Waals surface area (Å²) in [5.41, 5.74) is 14.1. The first-order chi connectivity index (χ1) is 19.8. The molecule has 41 heavy (non-hydrogen) atoms. The van der Waals surface area contributed by atoms with E-state index >= 15 is 0 Å². The highest BCUT2D eigenvalue weighted by Gasteiger charge is 2.30. The number of carbonyl (C=O) groups is 3. The van der Waals surface area contributed by atoms with Crippen LogP contribution in [0.5, 0.6) is 0 Å². The number of carbonyl (C=O) groups excluding carboxylic acids is 3. The van der Waals surface area contributed by atoms with Crippen molar-refractivity contribution in [1.29, 1.82) is 0 Å². The number of nitrogens with zero attached hydrogens (tertiary/aromatic N) is 2. The van der Waals surface area contributed by atoms with Gasteiger partial charge in [-0.2, -0.15) is 4.99 Å². The molecule has 4 aromatic rings. The third-order valence-corrected chi connectivity index (χ3v) is 7.17. The number of fused-ring (bicyclic) bond motifs is 2. The minimum Gasteiger partial charge on any atom is -0.460 e. The second-order valence-electron chi connectivity index (χ2n) is 10.1. The van der Waals surface area contributed by atoms with Gasteiger partial charge in [0.15, 0.2) is 0 Å². The van der Waals surface area contributed by atoms with E-state index in [4.69, 9.17) is 16.2 Å². The van der Waals surface area contributed by atoms with E-state index in [1.54, 1.807) is 6.92 Å². The molecule has 8 nitrogen and oxygen atoms in total. The maximum atomic E-state index is 13.4. The maximum Gasteiger partial charge on any atom is 0.373 e. The van der Waals surface area contributed by atoms with E-state index < -0.39 is 29.8 Å². The monoisotopic (exact) mass is 552 g/mol. The van der Waals surface area contributed by atoms with Crippen molar-refractivity contribution >= 4 is 45.2 Å². The SMILES string of the molecule is CCOC(=O)C(N)=NC(=O)[C@@H](Cc1ccc2ccccc2c1)N(C)C(=O)[C@H](N)CCCc1ccc2ccccc2c1. The molecular weight excluding hydrogens is 516 g/mol. The maximum absolute atomic E-state index is 13.4. The van der Waals surface area contributed by atoms with Crippen LogP contribution in [0.1, 0.15) is 30.9 Å². The molecule has 2 atom stereocenters. The molecule has 0 radical (unpaired) electrons. The molecule has 4 N–H and O–H groups in total. The van der Waals surface area contributed by atoms with E-state index in [0.717, 1.165) is 22.8 Å². The Morgan fingerprint density at radius 2 is 1.41 bits per heavy atom. The lowest BCUT2D eigenvalue weighted by atomic mass is 9.99. The Bertz CT molecular complexity index is 1580. The first-order valence-electron chi connectivity index (χ1n) is 13.8. The number of hydrogen-bond donors (Lipinski definition) is 2. The lowest BCUT2D eigenvalue weighted by Gasteiger charge is -2.28. The van der Waals surface area contributed by atoms with Crippen LogP contribution < -0.4 is 11.5 Å². The van der Waals surface area contributed by atoms with Gasteiger partial charge in [-0.15, -0.1) is 0 Å². The molecule has 0 aromatic heterocycles. The van der Waals surface area contributed by atoms with Gasteiger partial charge in [-0.3, -0.25) is 9.59 Å². The van der Waals surface area contributed by atoms with Gasteiger partial charge in [0.05, 0.1) is 12.6 Å². The Morgan fingerprint density at radius 1 is 0.854 bits per heavy atom. The van der Waals surface area contributed by atoms with Crippen molar-refractivity contribution in [2.24, 2.45) is 16.5 Å². The fraction of sp³-hybridized carbons (Fsp3) is 0.273. The average molecular weight is 553 g/mol. The summed E-state index contributed by atoms with van der Waals surface area (Å²) in [5, 5.41) is 4.41. The highest BCUT2D eigenvalue weighted by molar-refractivity contribution is 6.36. The van der Waals surface area contributed by atoms with Gasteiger partial charge in [0.1, 0.15) is 6.04 Å². The highest BCUT2D eigenvalue weighted by Crippen LogP contribution is 2.20. The van der Waals surface area contributed by atoms with Crippen LogP contribution in [0.4, 0.5) is 0 Å². The largest absolute Gasteiger partial charge is 0.460 e. The Balaban J connectivity index is 1.47. The van der Waals surface area contributed by atoms with Gasteiger partial charge in [0, 0.05) is 13.5 Å². The minimum absolute atomic E-state index is 0.0935. The number of amidine groups is 1. The molecule has 4 rings (SSSR count). The minimum atomic E-state index is -1.01. The molecule has 212 valence electrons. The van der Waals surface area contributed by atoms with Crippen LogP contribution in [0, 0.1) is 0 Å². The standard InChI is InChI=1S/C33H36N4O4/c1-3-41-33(40)30(35)36-31(38)29(21-23-16-18-25-11-5-7-13-27(25)20-23)37(2)32(39)28(34)14-8-9-22-15-17-24-10-4-6-12-26(24)19-22/h4-7,10-13,15-20,28-29H,3,8-9,14,21,34H2,1-2H3,(H2,35,36,38)/t28-,29-/m1/s1. The Hall–Kier alpha value is -4.56. The number of nitrogens with two attached hydrogens (primary N) is 2. The normalized spacial score (nSPS) is 13.1. The quantitative estimate of drug-likeness (QED) is 0.173. The first kappa shape index (κ1) is 29.4. The van der Waals surface area contributed by atoms with Gasteiger partial charge in [-0.25, -0.2) is 4.79 Å². The zero-order valence-electron chi connectivity index (χ0n) is 23.5. The molecule has 8 heteroatoms. The molecule has 0 unspecified atom stereocenters. The van der Waals surface area contributed by atoms with Crippen LogP contribution in [0.2, 0.25) is 0 Å². The molecular formula is C33H36N4O4. The number of aryl methyl sites for hydroxylation is 1. The molecule has 0 saturated heterocycles. The number of benzene rings is 4. The second-order valence-corrected chi connectivity index (χ2v) is 10.1. The molecule has 0 aliphatic carbocycles. The van der Waals surface area contributed by atoms with Gasteiger partial charge >= 0.3 is 5.97 Å². The van der Waals surface area contributed by atoms with Crippen LogP contribution >= 0.6 is 0 Å². The molecule has 4 aromatic carbocycles. The summed E-state index contributed by atoms with van der Waals surface area (Å²) < 4.78 is 4.85. The van der Waals surface area contributed by atoms with Gasteiger partial charge < -0.3 is 21.1 Å². The number of hydrogen-bond acceptors (Lipinski definition) is 5. The molecule has 2 amide bonds. The summed E-state index contributed by atoms with van der Waals surface area (Å²) in [6, 6.07) is 26.4. The number of aliphatic imine (C=N–C) groups is 1. The summed E-state index contributed by atoms with van der Waals surface area (Å²) >= 11 is 0. The Kier molecular flexibility index (Phi) is 9.81. The van der Waals surface area contributed by atoms with Gasteiger partial charge in [-0.05, 0) is 58.9 Å². The summed E-state index contributed by atoms with van der Waals surface area (Å²) in [6.07, 6.45) is 2.10. The summed E-state index contributed by atoms with van der Waals surface area (Å²) in [7, 11) is 1.53. The molecule has 0 bridgehead atoms. The van der Waals surface area contributed by atoms with Crippen LogP contribution in [-0.2, 0) is 32.0 Å². The smallest absolute Gasteiger partial charge is 0.373 e. The van der Waals surface area contributed by atoms with Crippen molar-refractivity contribution in [3.05, 3.63) is 96.1 Å². The zero-order chi connectivity index (χ0) is 29.4. The Morgan fingerprint density at radius 3 is 2.02 bits per heavy atom. The van der Waals surface area contributed by atoms with Crippen LogP contribution in [0.3, 0.4) is 0 Å². The van der Waals surface area contributed by atoms with Crippen LogP contribution in [0.15, 0.2) is 89.9 Å². The first-order valence-corrected chi connectivity index (χ1v) is 13.8. The third-order valence-electron chi connectivity index (χ3n) is 7.17. The van der Waals surface area contributed by atoms with Crippen molar-refractivity contribution in [3.63, 3.8) is 0 Å². The summed E-state index contributed by atoms with van der Waals surface area (Å²) in [6.45, 7) is 1.72. The summed E-state index contributed by atoms with van der Waals surface area (Å²) in [4.78, 5) is 43.8. The van der Waals surface area contributed by atoms with E-state index in [9.17, 15) is 14.4 Å². The topological polar surface area (TPSA) is 128 Å². The Labute approximate surface area is 240 Å². The fourth-order valence-corrected chi connectivity index (χ4v) is 4.88. The number of esters is 1. The predicted octanol–water partition coefficient (Wildman–Crippen LogP) is 4.16. The van der Waals surface area contributed by atoms with E-state index in [2.05, 4.69) is 35.3 Å². The van der Waals surface area contributed by atoms with Crippen molar-refractivity contribution in [1.82, 2.24) is 4.90 Å². The number of ether oxygens (including phenoxy) is 1. The fourth-order valence-electron chi connectivity index (χ4n) is 4.88. The molecule has 0 fully saturated rings. The lowest BCUT2D eigenvalue weighted by Crippen LogP contribution is -2.50. The van der Waals surface area contributed by atoms with E-state index in [-0.39, 0.29) is 18.9 Å². The van der Waals surface area contributed by atoms with E-state index in [1.165, 1.54) is 28.3 Å². The van der Waals surface area contributed by atoms with Gasteiger partial charge in [0.25, 0.3) is 5.91 Å². The lowest BCUT2D eigenvalue weighted by molar-refractivity contribution is -0.139. The average Bonchev–Trinajstić information content (AvgIpc) is 2.98. The van der Waals surface area contributed by atoms with Crippen molar-refractivity contribution in [3.8, 4) is 0 Å². The van der Waals surface area contributed by atoms with E-state index in [1.807, 2.05) is 54.6 Å². The van der Waals surface area contributed by atoms with E-state index in [0.29, 0.717) is 12.8 Å². The molecule has 0 heterocycles. The van der Waals surface area contributed by atoms with Crippen molar-refractivity contribution in [2.75, 3.05) is 13.7 Å². The third kappa shape index (κ3) is 7.55. The molecule has 0 spiro atoms. The summed E-state index contributed by atoms with van der Waals surface area (Å²) in [5.74, 6) is -2.54. The van der Waals surface area contributed by atoms with Crippen molar-refractivity contribution in [2.45, 2.75) is 44.7 Å². The second kappa shape index (κ2) is 13.7. The number of amides is 2. The van der Waals surface area contributed by atoms with Gasteiger partial charge in [0.2, 0.25) is 11.7 Å². The van der Waals surface area contributed by atoms with Crippen LogP contribution in [-0.4, -0.2) is 54.3 Å². The predicted molar refractivity (Wildman–Crippen MR) is 162 cm³/mol. The molecule has 0 aliphatic heterocycles. The number of likely N-dealkylation sites (N-methyl/N-ethyl adjacent to an activating group) is 1.